The average molecular weight is 473 g/mol. The van der Waals surface area contributed by atoms with E-state index < -0.39 is 0 Å². The van der Waals surface area contributed by atoms with E-state index in [0.717, 1.165) is 25.8 Å². The highest BCUT2D eigenvalue weighted by Gasteiger charge is 2.32. The van der Waals surface area contributed by atoms with Crippen molar-refractivity contribution in [2.24, 2.45) is 5.92 Å². The molecule has 4 aromatic rings. The van der Waals surface area contributed by atoms with Gasteiger partial charge in [-0.1, -0.05) is 67.1 Å². The highest BCUT2D eigenvalue weighted by atomic mass is 32.1. The Morgan fingerprint density at radius 2 is 1.64 bits per heavy atom. The first-order chi connectivity index (χ1) is 16.3. The molecule has 2 aromatic carbocycles. The maximum atomic E-state index is 12.9. The van der Waals surface area contributed by atoms with Crippen LogP contribution in [0.15, 0.2) is 84.2 Å². The van der Waals surface area contributed by atoms with Crippen LogP contribution >= 0.6 is 22.7 Å². The Bertz CT molecular complexity index is 1170. The van der Waals surface area contributed by atoms with Crippen molar-refractivity contribution in [3.63, 3.8) is 0 Å². The first-order valence-electron chi connectivity index (χ1n) is 11.5. The summed E-state index contributed by atoms with van der Waals surface area (Å²) < 4.78 is 0. The van der Waals surface area contributed by atoms with Gasteiger partial charge >= 0.3 is 0 Å². The van der Waals surface area contributed by atoms with E-state index in [0.29, 0.717) is 6.54 Å². The van der Waals surface area contributed by atoms with Gasteiger partial charge < -0.3 is 10.6 Å². The zero-order valence-electron chi connectivity index (χ0n) is 18.5. The third kappa shape index (κ3) is 5.44. The van der Waals surface area contributed by atoms with Gasteiger partial charge in [0.05, 0.1) is 12.5 Å². The third-order valence-electron chi connectivity index (χ3n) is 6.34. The van der Waals surface area contributed by atoms with Gasteiger partial charge in [0.1, 0.15) is 0 Å². The lowest BCUT2D eigenvalue weighted by Crippen LogP contribution is -2.41. The molecule has 0 bridgehead atoms. The smallest absolute Gasteiger partial charge is 0.224 e. The van der Waals surface area contributed by atoms with Crippen LogP contribution < -0.4 is 10.6 Å². The summed E-state index contributed by atoms with van der Waals surface area (Å²) in [4.78, 5) is 16.7. The van der Waals surface area contributed by atoms with Crippen LogP contribution in [-0.4, -0.2) is 11.9 Å². The normalized spacial score (nSPS) is 17.8. The summed E-state index contributed by atoms with van der Waals surface area (Å²) in [6, 6.07) is 27.9. The molecule has 1 aliphatic carbocycles. The third-order valence-corrected chi connectivity index (χ3v) is 8.50. The summed E-state index contributed by atoms with van der Waals surface area (Å²) in [6.45, 7) is 1.40. The Labute approximate surface area is 203 Å². The van der Waals surface area contributed by atoms with Gasteiger partial charge in [-0.05, 0) is 53.1 Å². The van der Waals surface area contributed by atoms with E-state index in [-0.39, 0.29) is 17.9 Å². The number of benzene rings is 2. The number of carbonyl (C=O) groups is 1. The molecule has 0 aliphatic heterocycles. The fourth-order valence-electron chi connectivity index (χ4n) is 4.54. The highest BCUT2D eigenvalue weighted by molar-refractivity contribution is 7.21. The number of hydrogen-bond donors (Lipinski definition) is 2. The number of hydrogen-bond acceptors (Lipinski definition) is 4. The maximum Gasteiger partial charge on any atom is 0.224 e. The Hall–Kier alpha value is -2.73. The Balaban J connectivity index is 1.13. The van der Waals surface area contributed by atoms with Crippen molar-refractivity contribution in [2.75, 3.05) is 0 Å². The predicted octanol–water partition coefficient (Wildman–Crippen LogP) is 6.72. The SMILES string of the molecule is O=C(NCc1ccc(-c2cccs2)s1)C1CCCC1NCc1ccc(-c2ccccc2)cc1. The second-order valence-electron chi connectivity index (χ2n) is 8.55. The fraction of sp³-hybridized carbons (Fsp3) is 0.250. The molecule has 168 valence electrons. The molecule has 0 spiro atoms. The van der Waals surface area contributed by atoms with Crippen LogP contribution in [0.5, 0.6) is 0 Å². The minimum Gasteiger partial charge on any atom is -0.351 e. The number of amides is 1. The van der Waals surface area contributed by atoms with Crippen LogP contribution in [0.1, 0.15) is 29.7 Å². The minimum atomic E-state index is 0.0466. The van der Waals surface area contributed by atoms with Crippen molar-refractivity contribution in [1.82, 2.24) is 10.6 Å². The van der Waals surface area contributed by atoms with Gasteiger partial charge in [-0.15, -0.1) is 22.7 Å². The zero-order valence-corrected chi connectivity index (χ0v) is 20.1. The van der Waals surface area contributed by atoms with Gasteiger partial charge in [0.25, 0.3) is 0 Å². The van der Waals surface area contributed by atoms with Crippen molar-refractivity contribution < 1.29 is 4.79 Å². The summed E-state index contributed by atoms with van der Waals surface area (Å²) in [5.41, 5.74) is 3.71. The van der Waals surface area contributed by atoms with E-state index in [4.69, 9.17) is 0 Å². The molecular formula is C28H28N2OS2. The Morgan fingerprint density at radius 1 is 0.818 bits per heavy atom. The van der Waals surface area contributed by atoms with Crippen molar-refractivity contribution in [3.8, 4) is 20.9 Å². The monoisotopic (exact) mass is 472 g/mol. The van der Waals surface area contributed by atoms with E-state index in [2.05, 4.69) is 88.8 Å². The maximum absolute atomic E-state index is 12.9. The zero-order chi connectivity index (χ0) is 22.5. The first-order valence-corrected chi connectivity index (χ1v) is 13.2. The molecule has 5 heteroatoms. The summed E-state index contributed by atoms with van der Waals surface area (Å²) in [5.74, 6) is 0.223. The molecule has 2 atom stereocenters. The van der Waals surface area contributed by atoms with Crippen molar-refractivity contribution >= 4 is 28.6 Å². The van der Waals surface area contributed by atoms with E-state index in [1.54, 1.807) is 22.7 Å². The number of nitrogens with one attached hydrogen (secondary N) is 2. The van der Waals surface area contributed by atoms with Crippen molar-refractivity contribution in [3.05, 3.63) is 94.7 Å². The lowest BCUT2D eigenvalue weighted by Gasteiger charge is -2.20. The van der Waals surface area contributed by atoms with Crippen LogP contribution in [0, 0.1) is 5.92 Å². The van der Waals surface area contributed by atoms with Crippen LogP contribution in [0.3, 0.4) is 0 Å². The molecule has 1 fully saturated rings. The topological polar surface area (TPSA) is 41.1 Å². The van der Waals surface area contributed by atoms with Gasteiger partial charge in [-0.3, -0.25) is 4.79 Å². The van der Waals surface area contributed by atoms with Crippen molar-refractivity contribution in [1.29, 1.82) is 0 Å². The fourth-order valence-corrected chi connectivity index (χ4v) is 6.32. The summed E-state index contributed by atoms with van der Waals surface area (Å²) in [5, 5.41) is 8.94. The second kappa shape index (κ2) is 10.5. The molecule has 1 aliphatic rings. The molecule has 1 saturated carbocycles. The molecule has 0 saturated heterocycles. The molecule has 3 nitrogen and oxygen atoms in total. The highest BCUT2D eigenvalue weighted by Crippen LogP contribution is 2.32. The van der Waals surface area contributed by atoms with Gasteiger partial charge in [-0.25, -0.2) is 0 Å². The molecule has 33 heavy (non-hydrogen) atoms. The Kier molecular flexibility index (Phi) is 7.01. The summed E-state index contributed by atoms with van der Waals surface area (Å²) in [6.07, 6.45) is 3.12. The van der Waals surface area contributed by atoms with Crippen LogP contribution in [0.2, 0.25) is 0 Å². The lowest BCUT2D eigenvalue weighted by atomic mass is 10.0. The standard InChI is InChI=1S/C28H28N2OS2/c31-28(30-19-23-15-16-27(33-23)26-10-5-17-32-26)24-8-4-9-25(24)29-18-20-11-13-22(14-12-20)21-6-2-1-3-7-21/h1-3,5-7,10-17,24-25,29H,4,8-9,18-19H2,(H,30,31). The average Bonchev–Trinajstić information content (AvgIpc) is 3.64. The lowest BCUT2D eigenvalue weighted by molar-refractivity contribution is -0.125. The van der Waals surface area contributed by atoms with E-state index >= 15 is 0 Å². The Morgan fingerprint density at radius 3 is 2.42 bits per heavy atom. The molecular weight excluding hydrogens is 444 g/mol. The van der Waals surface area contributed by atoms with Crippen molar-refractivity contribution in [2.45, 2.75) is 38.4 Å². The first kappa shape index (κ1) is 22.1. The van der Waals surface area contributed by atoms with Gasteiger partial charge in [-0.2, -0.15) is 0 Å². The minimum absolute atomic E-state index is 0.0466. The summed E-state index contributed by atoms with van der Waals surface area (Å²) in [7, 11) is 0. The summed E-state index contributed by atoms with van der Waals surface area (Å²) >= 11 is 3.52. The molecule has 2 heterocycles. The van der Waals surface area contributed by atoms with Gasteiger partial charge in [0.2, 0.25) is 5.91 Å². The largest absolute Gasteiger partial charge is 0.351 e. The van der Waals surface area contributed by atoms with E-state index in [1.807, 2.05) is 6.07 Å². The molecule has 1 amide bonds. The van der Waals surface area contributed by atoms with Crippen LogP contribution in [0.4, 0.5) is 0 Å². The molecule has 2 unspecified atom stereocenters. The molecule has 2 N–H and O–H groups in total. The molecule has 2 aromatic heterocycles. The van der Waals surface area contributed by atoms with Gasteiger partial charge in [0.15, 0.2) is 0 Å². The molecule has 0 radical (unpaired) electrons. The second-order valence-corrected chi connectivity index (χ2v) is 10.7. The number of carbonyl (C=O) groups excluding carboxylic acids is 1. The van der Waals surface area contributed by atoms with E-state index in [1.165, 1.54) is 31.3 Å². The van der Waals surface area contributed by atoms with Crippen LogP contribution in [-0.2, 0) is 17.9 Å². The van der Waals surface area contributed by atoms with Gasteiger partial charge in [0, 0.05) is 27.2 Å². The van der Waals surface area contributed by atoms with Crippen LogP contribution in [0.25, 0.3) is 20.9 Å². The predicted molar refractivity (Wildman–Crippen MR) is 139 cm³/mol. The molecule has 5 rings (SSSR count). The van der Waals surface area contributed by atoms with E-state index in [9.17, 15) is 4.79 Å². The number of thiophene rings is 2. The quantitative estimate of drug-likeness (QED) is 0.299. The number of rotatable bonds is 8.